The number of fused-ring (bicyclic) bond motifs is 1. The second-order valence-electron chi connectivity index (χ2n) is 6.71. The van der Waals surface area contributed by atoms with Gasteiger partial charge in [0.25, 0.3) is 5.91 Å². The minimum Gasteiger partial charge on any atom is -0.475 e. The fourth-order valence-electron chi connectivity index (χ4n) is 3.35. The first-order valence-electron chi connectivity index (χ1n) is 9.06. The normalized spacial score (nSPS) is 16.1. The van der Waals surface area contributed by atoms with Crippen molar-refractivity contribution in [2.45, 2.75) is 31.9 Å². The van der Waals surface area contributed by atoms with E-state index >= 15 is 0 Å². The number of halogens is 3. The fraction of sp³-hybridized carbons (Fsp3) is 0.444. The first-order valence-corrected chi connectivity index (χ1v) is 10.7. The molecule has 2 heterocycles. The summed E-state index contributed by atoms with van der Waals surface area (Å²) in [4.78, 5) is 23.6. The molecule has 0 radical (unpaired) electrons. The molecule has 4 N–H and O–H groups in total. The van der Waals surface area contributed by atoms with Crippen molar-refractivity contribution in [2.24, 2.45) is 5.73 Å². The number of carbonyl (C=O) groups excluding carboxylic acids is 1. The molecule has 1 fully saturated rings. The highest BCUT2D eigenvalue weighted by molar-refractivity contribution is 7.89. The Kier molecular flexibility index (Phi) is 7.14. The van der Waals surface area contributed by atoms with Crippen LogP contribution < -0.4 is 5.73 Å². The van der Waals surface area contributed by atoms with Crippen molar-refractivity contribution in [1.82, 2.24) is 9.29 Å². The van der Waals surface area contributed by atoms with Gasteiger partial charge >= 0.3 is 12.1 Å². The fourth-order valence-corrected chi connectivity index (χ4v) is 4.48. The van der Waals surface area contributed by atoms with Gasteiger partial charge in [0.1, 0.15) is 0 Å². The average Bonchev–Trinajstić information content (AvgIpc) is 3.11. The Labute approximate surface area is 170 Å². The van der Waals surface area contributed by atoms with Gasteiger partial charge in [-0.05, 0) is 37.3 Å². The molecule has 1 aliphatic rings. The van der Waals surface area contributed by atoms with Crippen LogP contribution in [0.1, 0.15) is 41.6 Å². The van der Waals surface area contributed by atoms with Gasteiger partial charge in [-0.3, -0.25) is 4.79 Å². The van der Waals surface area contributed by atoms with E-state index in [0.717, 1.165) is 29.3 Å². The number of carboxylic acid groups (broad SMARTS) is 1. The summed E-state index contributed by atoms with van der Waals surface area (Å²) in [5.74, 6) is -2.78. The summed E-state index contributed by atoms with van der Waals surface area (Å²) >= 11 is 0. The van der Waals surface area contributed by atoms with Crippen LogP contribution in [0.2, 0.25) is 0 Å². The third-order valence-corrected chi connectivity index (χ3v) is 6.79. The van der Waals surface area contributed by atoms with Crippen LogP contribution in [0.15, 0.2) is 24.4 Å². The monoisotopic (exact) mass is 449 g/mol. The number of nitrogens with two attached hydrogens (primary N) is 1. The molecule has 0 saturated carbocycles. The zero-order valence-electron chi connectivity index (χ0n) is 16.1. The van der Waals surface area contributed by atoms with Gasteiger partial charge < -0.3 is 15.8 Å². The maximum Gasteiger partial charge on any atom is 0.490 e. The molecule has 1 aromatic carbocycles. The Hall–Kier alpha value is -2.60. The molecule has 1 aliphatic heterocycles. The lowest BCUT2D eigenvalue weighted by atomic mass is 9.89. The van der Waals surface area contributed by atoms with E-state index < -0.39 is 28.1 Å². The molecule has 1 saturated heterocycles. The second kappa shape index (κ2) is 9.04. The van der Waals surface area contributed by atoms with Gasteiger partial charge in [-0.1, -0.05) is 12.1 Å². The molecule has 0 unspecified atom stereocenters. The van der Waals surface area contributed by atoms with Crippen molar-refractivity contribution < 1.29 is 36.3 Å². The number of sulfonamides is 1. The minimum atomic E-state index is -5.08. The summed E-state index contributed by atoms with van der Waals surface area (Å²) in [6.45, 7) is 2.76. The minimum absolute atomic E-state index is 0.146. The predicted molar refractivity (Wildman–Crippen MR) is 104 cm³/mol. The summed E-state index contributed by atoms with van der Waals surface area (Å²) in [5, 5.41) is 8.12. The highest BCUT2D eigenvalue weighted by Gasteiger charge is 2.38. The van der Waals surface area contributed by atoms with Crippen molar-refractivity contribution in [3.05, 3.63) is 35.5 Å². The van der Waals surface area contributed by atoms with Gasteiger partial charge in [-0.25, -0.2) is 17.5 Å². The van der Waals surface area contributed by atoms with Crippen molar-refractivity contribution >= 4 is 32.8 Å². The lowest BCUT2D eigenvalue weighted by Gasteiger charge is -2.30. The molecule has 30 heavy (non-hydrogen) atoms. The van der Waals surface area contributed by atoms with E-state index in [2.05, 4.69) is 4.98 Å². The van der Waals surface area contributed by atoms with E-state index in [1.165, 1.54) is 0 Å². The van der Waals surface area contributed by atoms with Gasteiger partial charge in [-0.2, -0.15) is 13.2 Å². The molecule has 8 nitrogen and oxygen atoms in total. The first-order chi connectivity index (χ1) is 13.9. The highest BCUT2D eigenvalue weighted by atomic mass is 32.2. The van der Waals surface area contributed by atoms with Gasteiger partial charge in [-0.15, -0.1) is 0 Å². The molecule has 1 aromatic heterocycles. The maximum atomic E-state index is 11.9. The number of aromatic amines is 1. The number of nitrogens with one attached hydrogen (secondary N) is 1. The number of benzene rings is 1. The number of rotatable bonds is 4. The van der Waals surface area contributed by atoms with Crippen LogP contribution in [0.3, 0.4) is 0 Å². The van der Waals surface area contributed by atoms with E-state index in [9.17, 15) is 26.4 Å². The Morgan fingerprint density at radius 2 is 1.83 bits per heavy atom. The maximum absolute atomic E-state index is 11.9. The average molecular weight is 449 g/mol. The molecule has 3 rings (SSSR count). The Morgan fingerprint density at radius 1 is 1.27 bits per heavy atom. The molecule has 1 amide bonds. The number of hydrogen-bond acceptors (Lipinski definition) is 4. The number of para-hydroxylation sites is 1. The molecular weight excluding hydrogens is 427 g/mol. The number of H-pyrrole nitrogens is 1. The topological polar surface area (TPSA) is 134 Å². The van der Waals surface area contributed by atoms with Crippen LogP contribution in [0.5, 0.6) is 0 Å². The Balaban J connectivity index is 0.000000396. The number of nitrogens with zero attached hydrogens (tertiary/aromatic N) is 1. The van der Waals surface area contributed by atoms with Gasteiger partial charge in [0.15, 0.2) is 0 Å². The van der Waals surface area contributed by atoms with Gasteiger partial charge in [0.05, 0.1) is 16.8 Å². The number of alkyl halides is 3. The highest BCUT2D eigenvalue weighted by Crippen LogP contribution is 2.34. The summed E-state index contributed by atoms with van der Waals surface area (Å²) < 4.78 is 57.2. The van der Waals surface area contributed by atoms with E-state index in [1.54, 1.807) is 17.3 Å². The number of primary amides is 1. The molecule has 0 bridgehead atoms. The zero-order valence-corrected chi connectivity index (χ0v) is 16.9. The Morgan fingerprint density at radius 3 is 2.30 bits per heavy atom. The van der Waals surface area contributed by atoms with E-state index in [1.807, 2.05) is 18.3 Å². The van der Waals surface area contributed by atoms with Crippen molar-refractivity contribution in [1.29, 1.82) is 0 Å². The smallest absolute Gasteiger partial charge is 0.475 e. The number of aliphatic carboxylic acids is 1. The van der Waals surface area contributed by atoms with Crippen LogP contribution in [-0.4, -0.2) is 59.7 Å². The lowest BCUT2D eigenvalue weighted by Crippen LogP contribution is -2.38. The Bertz CT molecular complexity index is 1030. The number of amides is 1. The number of hydrogen-bond donors (Lipinski definition) is 3. The standard InChI is InChI=1S/C16H21N3O3S.C2HF3O2/c1-2-23(21,22)19-8-6-11(7-9-19)14-10-18-15-12(14)4-3-5-13(15)16(17)20;3-2(4,5)1(6)7/h3-5,10-11,18H,2,6-9H2,1H3,(H2,17,20);(H,6,7). The molecule has 12 heteroatoms. The van der Waals surface area contributed by atoms with Crippen molar-refractivity contribution in [3.63, 3.8) is 0 Å². The third kappa shape index (κ3) is 5.30. The molecule has 166 valence electrons. The third-order valence-electron chi connectivity index (χ3n) is 4.91. The van der Waals surface area contributed by atoms with Crippen molar-refractivity contribution in [3.8, 4) is 0 Å². The lowest BCUT2D eigenvalue weighted by molar-refractivity contribution is -0.192. The number of carboxylic acids is 1. The summed E-state index contributed by atoms with van der Waals surface area (Å²) in [6, 6.07) is 5.51. The van der Waals surface area contributed by atoms with Gasteiger partial charge in [0, 0.05) is 24.7 Å². The van der Waals surface area contributed by atoms with Crippen molar-refractivity contribution in [2.75, 3.05) is 18.8 Å². The number of carbonyl (C=O) groups is 2. The summed E-state index contributed by atoms with van der Waals surface area (Å²) in [6.07, 6.45) is -1.59. The molecular formula is C18H22F3N3O5S. The first kappa shape index (κ1) is 23.7. The molecule has 2 aromatic rings. The zero-order chi connectivity index (χ0) is 22.7. The van der Waals surface area contributed by atoms with E-state index in [0.29, 0.717) is 18.7 Å². The number of aromatic nitrogens is 1. The number of piperidine rings is 1. The SMILES string of the molecule is CCS(=O)(=O)N1CCC(c2c[nH]c3c(C(N)=O)cccc23)CC1.O=C(O)C(F)(F)F. The quantitative estimate of drug-likeness (QED) is 0.659. The van der Waals surface area contributed by atoms with Crippen LogP contribution >= 0.6 is 0 Å². The summed E-state index contributed by atoms with van der Waals surface area (Å²) in [7, 11) is -3.11. The molecule has 0 atom stereocenters. The van der Waals surface area contributed by atoms with E-state index in [-0.39, 0.29) is 11.7 Å². The van der Waals surface area contributed by atoms with Crippen LogP contribution in [0.25, 0.3) is 10.9 Å². The van der Waals surface area contributed by atoms with Gasteiger partial charge in [0.2, 0.25) is 10.0 Å². The van der Waals surface area contributed by atoms with E-state index in [4.69, 9.17) is 15.6 Å². The predicted octanol–water partition coefficient (Wildman–Crippen LogP) is 2.43. The molecule has 0 aliphatic carbocycles. The summed E-state index contributed by atoms with van der Waals surface area (Å²) in [5.41, 5.74) is 7.80. The van der Waals surface area contributed by atoms with Crippen LogP contribution in [0.4, 0.5) is 13.2 Å². The largest absolute Gasteiger partial charge is 0.490 e. The van der Waals surface area contributed by atoms with Crippen LogP contribution in [-0.2, 0) is 14.8 Å². The molecule has 0 spiro atoms. The van der Waals surface area contributed by atoms with Crippen LogP contribution in [0, 0.1) is 0 Å². The second-order valence-corrected chi connectivity index (χ2v) is 8.97.